The number of aryl methyl sites for hydroxylation is 1. The van der Waals surface area contributed by atoms with Gasteiger partial charge in [0.2, 0.25) is 0 Å². The van der Waals surface area contributed by atoms with Crippen molar-refractivity contribution >= 4 is 34.0 Å². The summed E-state index contributed by atoms with van der Waals surface area (Å²) < 4.78 is 1.78. The molecule has 0 aliphatic heterocycles. The van der Waals surface area contributed by atoms with Gasteiger partial charge in [-0.15, -0.1) is 0 Å². The fraction of sp³-hybridized carbons (Fsp3) is 0.120. The van der Waals surface area contributed by atoms with E-state index in [4.69, 9.17) is 5.73 Å². The largest absolute Gasteiger partial charge is 0.399 e. The van der Waals surface area contributed by atoms with Crippen molar-refractivity contribution in [3.63, 3.8) is 0 Å². The number of nitrogen functional groups attached to an aromatic ring is 1. The number of fused-ring (bicyclic) bond motifs is 1. The maximum Gasteiger partial charge on any atom is 0.251 e. The number of nitrogens with two attached hydrogens (primary N) is 1. The van der Waals surface area contributed by atoms with E-state index in [1.54, 1.807) is 10.6 Å². The minimum atomic E-state index is -0.0238. The second-order valence-corrected chi connectivity index (χ2v) is 7.51. The maximum atomic E-state index is 12.7. The van der Waals surface area contributed by atoms with Gasteiger partial charge in [0, 0.05) is 17.1 Å². The molecule has 5 heteroatoms. The topological polar surface area (TPSA) is 60.4 Å². The Bertz CT molecular complexity index is 1320. The first-order valence-electron chi connectivity index (χ1n) is 9.67. The Kier molecular flexibility index (Phi) is 5.57. The average Bonchev–Trinajstić information content (AvgIpc) is 2.76. The van der Waals surface area contributed by atoms with E-state index in [1.165, 1.54) is 0 Å². The molecule has 0 atom stereocenters. The Labute approximate surface area is 180 Å². The monoisotopic (exact) mass is 411 g/mol. The molecule has 0 bridgehead atoms. The first-order chi connectivity index (χ1) is 14.5. The third kappa shape index (κ3) is 4.08. The molecule has 1 aromatic heterocycles. The van der Waals surface area contributed by atoms with E-state index in [0.29, 0.717) is 18.8 Å². The molecule has 30 heavy (non-hydrogen) atoms. The van der Waals surface area contributed by atoms with Crippen LogP contribution in [-0.2, 0) is 13.1 Å². The van der Waals surface area contributed by atoms with Gasteiger partial charge >= 0.3 is 0 Å². The van der Waals surface area contributed by atoms with Crippen LogP contribution in [0, 0.1) is 6.92 Å². The minimum Gasteiger partial charge on any atom is -0.399 e. The van der Waals surface area contributed by atoms with E-state index >= 15 is 0 Å². The zero-order chi connectivity index (χ0) is 21.1. The van der Waals surface area contributed by atoms with Crippen molar-refractivity contribution in [3.8, 4) is 11.1 Å². The summed E-state index contributed by atoms with van der Waals surface area (Å²) in [4.78, 5) is 16.6. The molecule has 0 aliphatic carbocycles. The number of anilines is 1. The number of isothiocyanates is 1. The van der Waals surface area contributed by atoms with Gasteiger partial charge in [-0.2, -0.15) is 0 Å². The fourth-order valence-corrected chi connectivity index (χ4v) is 3.70. The van der Waals surface area contributed by atoms with Crippen molar-refractivity contribution in [2.75, 3.05) is 5.73 Å². The van der Waals surface area contributed by atoms with E-state index in [9.17, 15) is 4.79 Å². The van der Waals surface area contributed by atoms with Crippen LogP contribution in [0.3, 0.4) is 0 Å². The Morgan fingerprint density at radius 2 is 1.57 bits per heavy atom. The van der Waals surface area contributed by atoms with Gasteiger partial charge in [0.05, 0.1) is 23.8 Å². The number of hydrogen-bond acceptors (Lipinski definition) is 4. The van der Waals surface area contributed by atoms with E-state index in [1.807, 2.05) is 37.3 Å². The van der Waals surface area contributed by atoms with Crippen LogP contribution in [0.4, 0.5) is 5.69 Å². The van der Waals surface area contributed by atoms with Gasteiger partial charge in [-0.25, -0.2) is 4.99 Å². The van der Waals surface area contributed by atoms with E-state index in [-0.39, 0.29) is 5.56 Å². The lowest BCUT2D eigenvalue weighted by Gasteiger charge is -2.13. The van der Waals surface area contributed by atoms with Crippen molar-refractivity contribution < 1.29 is 0 Å². The van der Waals surface area contributed by atoms with Crippen LogP contribution in [0.1, 0.15) is 16.7 Å². The van der Waals surface area contributed by atoms with E-state index in [2.05, 4.69) is 58.8 Å². The molecule has 0 fully saturated rings. The molecule has 0 aliphatic rings. The standard InChI is InChI=1S/C25H21N3OS/c1-17-12-25(29)28(24-13-22(26)10-11-23(17)24)15-19-4-8-21(9-5-19)20-6-2-18(3-7-20)14-27-16-30/h2-13H,14-15,26H2,1H3. The molecular formula is C25H21N3OS. The number of hydrogen-bond donors (Lipinski definition) is 1. The highest BCUT2D eigenvalue weighted by atomic mass is 32.1. The SMILES string of the molecule is Cc1cc(=O)n(Cc2ccc(-c3ccc(CN=C=S)cc3)cc2)c2cc(N)ccc12. The smallest absolute Gasteiger partial charge is 0.251 e. The van der Waals surface area contributed by atoms with Gasteiger partial charge < -0.3 is 10.3 Å². The fourth-order valence-electron chi connectivity index (χ4n) is 3.64. The van der Waals surface area contributed by atoms with Crippen LogP contribution >= 0.6 is 12.2 Å². The van der Waals surface area contributed by atoms with Crippen molar-refractivity contribution in [2.24, 2.45) is 4.99 Å². The second kappa shape index (κ2) is 8.46. The van der Waals surface area contributed by atoms with Crippen molar-refractivity contribution in [3.05, 3.63) is 99.8 Å². The number of benzene rings is 3. The maximum absolute atomic E-state index is 12.7. The minimum absolute atomic E-state index is 0.0238. The zero-order valence-electron chi connectivity index (χ0n) is 16.6. The van der Waals surface area contributed by atoms with Gasteiger partial charge in [-0.1, -0.05) is 54.6 Å². The lowest BCUT2D eigenvalue weighted by Crippen LogP contribution is -2.21. The number of aliphatic imine (C=N–C) groups is 1. The summed E-state index contributed by atoms with van der Waals surface area (Å²) in [5.41, 5.74) is 12.8. The Morgan fingerprint density at radius 3 is 2.20 bits per heavy atom. The molecule has 0 spiro atoms. The Balaban J connectivity index is 1.62. The molecule has 4 aromatic rings. The summed E-state index contributed by atoms with van der Waals surface area (Å²) in [6.45, 7) is 2.99. The first kappa shape index (κ1) is 19.8. The van der Waals surface area contributed by atoms with Gasteiger partial charge in [0.1, 0.15) is 0 Å². The molecule has 2 N–H and O–H groups in total. The quantitative estimate of drug-likeness (QED) is 0.279. The normalized spacial score (nSPS) is 10.7. The molecule has 148 valence electrons. The number of nitrogens with zero attached hydrogens (tertiary/aromatic N) is 2. The van der Waals surface area contributed by atoms with Crippen LogP contribution in [0.5, 0.6) is 0 Å². The van der Waals surface area contributed by atoms with E-state index < -0.39 is 0 Å². The van der Waals surface area contributed by atoms with Crippen LogP contribution in [0.2, 0.25) is 0 Å². The predicted molar refractivity (Wildman–Crippen MR) is 127 cm³/mol. The number of pyridine rings is 1. The highest BCUT2D eigenvalue weighted by Gasteiger charge is 2.08. The predicted octanol–water partition coefficient (Wildman–Crippen LogP) is 5.21. The molecule has 3 aromatic carbocycles. The lowest BCUT2D eigenvalue weighted by atomic mass is 10.0. The van der Waals surface area contributed by atoms with Gasteiger partial charge in [-0.05, 0) is 59.1 Å². The molecule has 0 amide bonds. The lowest BCUT2D eigenvalue weighted by molar-refractivity contribution is 0.793. The second-order valence-electron chi connectivity index (χ2n) is 7.33. The molecule has 1 heterocycles. The first-order valence-corrected chi connectivity index (χ1v) is 10.1. The molecule has 4 rings (SSSR count). The number of thiocarbonyl (C=S) groups is 1. The van der Waals surface area contributed by atoms with E-state index in [0.717, 1.165) is 38.7 Å². The Morgan fingerprint density at radius 1 is 0.933 bits per heavy atom. The molecule has 4 nitrogen and oxygen atoms in total. The molecule has 0 saturated heterocycles. The van der Waals surface area contributed by atoms with Gasteiger partial charge in [0.25, 0.3) is 5.56 Å². The molecular weight excluding hydrogens is 390 g/mol. The summed E-state index contributed by atoms with van der Waals surface area (Å²) in [6.07, 6.45) is 0. The van der Waals surface area contributed by atoms with Gasteiger partial charge in [0.15, 0.2) is 0 Å². The molecule has 0 radical (unpaired) electrons. The van der Waals surface area contributed by atoms with Crippen molar-refractivity contribution in [2.45, 2.75) is 20.0 Å². The number of rotatable bonds is 5. The summed E-state index contributed by atoms with van der Waals surface area (Å²) in [7, 11) is 0. The summed E-state index contributed by atoms with van der Waals surface area (Å²) in [5.74, 6) is 0. The molecule has 0 unspecified atom stereocenters. The third-order valence-electron chi connectivity index (χ3n) is 5.25. The third-order valence-corrected chi connectivity index (χ3v) is 5.38. The summed E-state index contributed by atoms with van der Waals surface area (Å²) in [5, 5.41) is 3.43. The van der Waals surface area contributed by atoms with Crippen LogP contribution < -0.4 is 11.3 Å². The van der Waals surface area contributed by atoms with Crippen molar-refractivity contribution in [1.29, 1.82) is 0 Å². The highest BCUT2D eigenvalue weighted by Crippen LogP contribution is 2.23. The summed E-state index contributed by atoms with van der Waals surface area (Å²) in [6, 6.07) is 23.9. The average molecular weight is 412 g/mol. The molecule has 0 saturated carbocycles. The van der Waals surface area contributed by atoms with Gasteiger partial charge in [-0.3, -0.25) is 4.79 Å². The number of aromatic nitrogens is 1. The summed E-state index contributed by atoms with van der Waals surface area (Å²) >= 11 is 4.61. The Hall–Kier alpha value is -3.53. The zero-order valence-corrected chi connectivity index (χ0v) is 17.4. The van der Waals surface area contributed by atoms with Crippen LogP contribution in [0.25, 0.3) is 22.0 Å². The van der Waals surface area contributed by atoms with Crippen LogP contribution in [0.15, 0.2) is 82.6 Å². The van der Waals surface area contributed by atoms with Crippen LogP contribution in [-0.4, -0.2) is 9.73 Å². The van der Waals surface area contributed by atoms with Crippen molar-refractivity contribution in [1.82, 2.24) is 4.57 Å². The highest BCUT2D eigenvalue weighted by molar-refractivity contribution is 7.78.